The molecule has 3 nitrogen and oxygen atoms in total. The number of hydrogen-bond donors (Lipinski definition) is 1. The van der Waals surface area contributed by atoms with Crippen LogP contribution in [-0.4, -0.2) is 18.5 Å². The van der Waals surface area contributed by atoms with Crippen molar-refractivity contribution in [1.82, 2.24) is 0 Å². The third kappa shape index (κ3) is 4.96. The predicted molar refractivity (Wildman–Crippen MR) is 38.6 cm³/mol. The molecule has 10 heavy (non-hydrogen) atoms. The van der Waals surface area contributed by atoms with Crippen molar-refractivity contribution in [3.05, 3.63) is 0 Å². The van der Waals surface area contributed by atoms with E-state index in [4.69, 9.17) is 4.55 Å². The molecule has 0 rings (SSSR count). The van der Waals surface area contributed by atoms with Gasteiger partial charge in [-0.15, -0.1) is 12.4 Å². The Hall–Kier alpha value is 0.130. The van der Waals surface area contributed by atoms with Gasteiger partial charge in [0, 0.05) is 0 Å². The van der Waals surface area contributed by atoms with Crippen molar-refractivity contribution in [3.8, 4) is 0 Å². The van der Waals surface area contributed by atoms with Gasteiger partial charge in [-0.1, -0.05) is 13.3 Å². The smallest absolute Gasteiger partial charge is 0.283 e. The lowest BCUT2D eigenvalue weighted by Gasteiger charge is -1.99. The molecular formula is C4H10ClFO3S. The maximum atomic E-state index is 12.1. The van der Waals surface area contributed by atoms with Gasteiger partial charge in [0.15, 0.2) is 0 Å². The highest BCUT2D eigenvalue weighted by molar-refractivity contribution is 7.86. The molecule has 0 aliphatic rings. The van der Waals surface area contributed by atoms with E-state index < -0.39 is 15.6 Å². The minimum Gasteiger partial charge on any atom is -0.283 e. The van der Waals surface area contributed by atoms with Crippen LogP contribution < -0.4 is 0 Å². The lowest BCUT2D eigenvalue weighted by atomic mass is 10.4. The molecule has 64 valence electrons. The summed E-state index contributed by atoms with van der Waals surface area (Å²) in [4.78, 5) is 0. The zero-order chi connectivity index (χ0) is 7.49. The first kappa shape index (κ1) is 12.8. The van der Waals surface area contributed by atoms with Gasteiger partial charge < -0.3 is 0 Å². The summed E-state index contributed by atoms with van der Waals surface area (Å²) >= 11 is 0. The van der Waals surface area contributed by atoms with Crippen LogP contribution in [0.25, 0.3) is 0 Å². The van der Waals surface area contributed by atoms with E-state index in [0.717, 1.165) is 0 Å². The molecule has 0 amide bonds. The van der Waals surface area contributed by atoms with Crippen molar-refractivity contribution in [2.45, 2.75) is 25.3 Å². The lowest BCUT2D eigenvalue weighted by molar-refractivity contribution is 0.357. The maximum Gasteiger partial charge on any atom is 0.297 e. The molecule has 0 fully saturated rings. The Bertz CT molecular complexity index is 167. The first-order chi connectivity index (χ1) is 3.98. The first-order valence-corrected chi connectivity index (χ1v) is 4.09. The lowest BCUT2D eigenvalue weighted by Crippen LogP contribution is -2.13. The Morgan fingerprint density at radius 2 is 2.00 bits per heavy atom. The Morgan fingerprint density at radius 1 is 1.60 bits per heavy atom. The van der Waals surface area contributed by atoms with Gasteiger partial charge in [-0.2, -0.15) is 8.42 Å². The Labute approximate surface area is 65.8 Å². The molecular weight excluding hydrogens is 183 g/mol. The summed E-state index contributed by atoms with van der Waals surface area (Å²) < 4.78 is 39.9. The normalized spacial score (nSPS) is 13.9. The van der Waals surface area contributed by atoms with E-state index in [1.807, 2.05) is 0 Å². The predicted octanol–water partition coefficient (Wildman–Crippen LogP) is 1.39. The van der Waals surface area contributed by atoms with Gasteiger partial charge in [0.1, 0.15) is 0 Å². The fourth-order valence-electron chi connectivity index (χ4n) is 0.376. The van der Waals surface area contributed by atoms with Crippen LogP contribution in [0, 0.1) is 0 Å². The second kappa shape index (κ2) is 4.87. The zero-order valence-corrected chi connectivity index (χ0v) is 7.08. The summed E-state index contributed by atoms with van der Waals surface area (Å²) in [5, 5.41) is 0. The molecule has 1 atom stereocenters. The number of halogens is 2. The van der Waals surface area contributed by atoms with Crippen molar-refractivity contribution in [3.63, 3.8) is 0 Å². The number of hydrogen-bond acceptors (Lipinski definition) is 2. The minimum atomic E-state index is -4.43. The highest BCUT2D eigenvalue weighted by Crippen LogP contribution is 2.06. The molecule has 0 saturated heterocycles. The fourth-order valence-corrected chi connectivity index (χ4v) is 0.909. The first-order valence-electron chi connectivity index (χ1n) is 2.59. The molecule has 0 spiro atoms. The van der Waals surface area contributed by atoms with E-state index in [1.54, 1.807) is 6.92 Å². The van der Waals surface area contributed by atoms with E-state index in [1.165, 1.54) is 0 Å². The maximum absolute atomic E-state index is 12.1. The summed E-state index contributed by atoms with van der Waals surface area (Å²) in [7, 11) is -4.43. The van der Waals surface area contributed by atoms with Crippen molar-refractivity contribution < 1.29 is 17.4 Å². The molecule has 6 heteroatoms. The van der Waals surface area contributed by atoms with E-state index in [0.29, 0.717) is 6.42 Å². The SMILES string of the molecule is CCCC(F)S(=O)(=O)O.Cl. The van der Waals surface area contributed by atoms with E-state index in [-0.39, 0.29) is 18.8 Å². The second-order valence-electron chi connectivity index (χ2n) is 1.71. The largest absolute Gasteiger partial charge is 0.297 e. The van der Waals surface area contributed by atoms with Crippen LogP contribution in [0.4, 0.5) is 4.39 Å². The summed E-state index contributed by atoms with van der Waals surface area (Å²) in [5.74, 6) is 0. The van der Waals surface area contributed by atoms with Crippen molar-refractivity contribution in [2.75, 3.05) is 0 Å². The van der Waals surface area contributed by atoms with Crippen molar-refractivity contribution in [1.29, 1.82) is 0 Å². The number of rotatable bonds is 3. The van der Waals surface area contributed by atoms with E-state index in [9.17, 15) is 12.8 Å². The average molecular weight is 193 g/mol. The van der Waals surface area contributed by atoms with Crippen LogP contribution in [0.2, 0.25) is 0 Å². The highest BCUT2D eigenvalue weighted by atomic mass is 35.5. The Kier molecular flexibility index (Phi) is 6.22. The Balaban J connectivity index is 0. The molecule has 0 saturated carbocycles. The van der Waals surface area contributed by atoms with Crippen LogP contribution in [0.1, 0.15) is 19.8 Å². The molecule has 0 heterocycles. The quantitative estimate of drug-likeness (QED) is 0.688. The second-order valence-corrected chi connectivity index (χ2v) is 3.26. The monoisotopic (exact) mass is 192 g/mol. The van der Waals surface area contributed by atoms with Crippen molar-refractivity contribution >= 4 is 22.5 Å². The fraction of sp³-hybridized carbons (Fsp3) is 1.00. The number of alkyl halides is 1. The van der Waals surface area contributed by atoms with Crippen molar-refractivity contribution in [2.24, 2.45) is 0 Å². The van der Waals surface area contributed by atoms with E-state index in [2.05, 4.69) is 0 Å². The molecule has 0 aromatic carbocycles. The van der Waals surface area contributed by atoms with Gasteiger partial charge in [-0.05, 0) is 6.42 Å². The molecule has 1 N–H and O–H groups in total. The molecule has 0 bridgehead atoms. The molecule has 0 radical (unpaired) electrons. The average Bonchev–Trinajstić information content (AvgIpc) is 1.64. The third-order valence-electron chi connectivity index (χ3n) is 0.839. The van der Waals surface area contributed by atoms with Crippen LogP contribution in [-0.2, 0) is 10.1 Å². The molecule has 0 aromatic rings. The van der Waals surface area contributed by atoms with Gasteiger partial charge >= 0.3 is 0 Å². The van der Waals surface area contributed by atoms with Gasteiger partial charge in [0.25, 0.3) is 10.1 Å². The summed E-state index contributed by atoms with van der Waals surface area (Å²) in [6, 6.07) is 0. The summed E-state index contributed by atoms with van der Waals surface area (Å²) in [6.07, 6.45) is 0.264. The minimum absolute atomic E-state index is 0. The third-order valence-corrected chi connectivity index (χ3v) is 1.72. The standard InChI is InChI=1S/C4H9FO3S.ClH/c1-2-3-4(5)9(6,7)8;/h4H,2-3H2,1H3,(H,6,7,8);1H. The van der Waals surface area contributed by atoms with Gasteiger partial charge in [0.05, 0.1) is 0 Å². The van der Waals surface area contributed by atoms with Crippen LogP contribution >= 0.6 is 12.4 Å². The molecule has 1 unspecified atom stereocenters. The topological polar surface area (TPSA) is 54.4 Å². The highest BCUT2D eigenvalue weighted by Gasteiger charge is 2.19. The zero-order valence-electron chi connectivity index (χ0n) is 5.45. The van der Waals surface area contributed by atoms with Gasteiger partial charge in [-0.25, -0.2) is 4.39 Å². The van der Waals surface area contributed by atoms with E-state index >= 15 is 0 Å². The van der Waals surface area contributed by atoms with Gasteiger partial charge in [0.2, 0.25) is 5.50 Å². The van der Waals surface area contributed by atoms with Gasteiger partial charge in [-0.3, -0.25) is 4.55 Å². The molecule has 0 aromatic heterocycles. The Morgan fingerprint density at radius 3 is 2.10 bits per heavy atom. The van der Waals surface area contributed by atoms with Crippen LogP contribution in [0.5, 0.6) is 0 Å². The van der Waals surface area contributed by atoms with Crippen LogP contribution in [0.15, 0.2) is 0 Å². The van der Waals surface area contributed by atoms with Crippen LogP contribution in [0.3, 0.4) is 0 Å². The molecule has 0 aliphatic heterocycles. The summed E-state index contributed by atoms with van der Waals surface area (Å²) in [5.41, 5.74) is -2.11. The molecule has 0 aliphatic carbocycles. The summed E-state index contributed by atoms with van der Waals surface area (Å²) in [6.45, 7) is 1.64.